The average molecular weight is 610 g/mol. The summed E-state index contributed by atoms with van der Waals surface area (Å²) in [5.41, 5.74) is 5.44. The van der Waals surface area contributed by atoms with Crippen LogP contribution in [0.15, 0.2) is 0 Å². The Morgan fingerprint density at radius 1 is 0.721 bits per heavy atom. The van der Waals surface area contributed by atoms with Crippen molar-refractivity contribution in [2.45, 2.75) is 82.6 Å². The van der Waals surface area contributed by atoms with Gasteiger partial charge in [0.2, 0.25) is 41.4 Å². The zero-order valence-electron chi connectivity index (χ0n) is 25.5. The minimum atomic E-state index is -1.22. The number of carbonyl (C=O) groups is 7. The molecular formula is C27H47N9O7. The van der Waals surface area contributed by atoms with Gasteiger partial charge in [0.25, 0.3) is 0 Å². The first kappa shape index (κ1) is 35.4. The van der Waals surface area contributed by atoms with E-state index in [1.165, 1.54) is 4.90 Å². The van der Waals surface area contributed by atoms with Crippen LogP contribution < -0.4 is 37.6 Å². The Hall–Kier alpha value is -3.79. The second-order valence-electron chi connectivity index (χ2n) is 10.9. The molecule has 0 bridgehead atoms. The van der Waals surface area contributed by atoms with E-state index in [2.05, 4.69) is 31.9 Å². The third kappa shape index (κ3) is 10.8. The van der Waals surface area contributed by atoms with Crippen molar-refractivity contribution in [3.63, 3.8) is 0 Å². The molecule has 43 heavy (non-hydrogen) atoms. The van der Waals surface area contributed by atoms with Crippen molar-refractivity contribution in [1.29, 1.82) is 0 Å². The van der Waals surface area contributed by atoms with Crippen LogP contribution in [-0.2, 0) is 33.6 Å². The van der Waals surface area contributed by atoms with Gasteiger partial charge >= 0.3 is 0 Å². The number of hydrogen-bond donors (Lipinski definition) is 7. The van der Waals surface area contributed by atoms with E-state index in [4.69, 9.17) is 5.73 Å². The van der Waals surface area contributed by atoms with Crippen LogP contribution in [0.5, 0.6) is 0 Å². The molecule has 2 aliphatic rings. The number of hydrogen-bond acceptors (Lipinski definition) is 9. The Morgan fingerprint density at radius 2 is 1.19 bits per heavy atom. The van der Waals surface area contributed by atoms with Gasteiger partial charge in [-0.2, -0.15) is 0 Å². The molecule has 242 valence electrons. The Balaban J connectivity index is 1.92. The van der Waals surface area contributed by atoms with E-state index in [1.807, 2.05) is 0 Å². The third-order valence-electron chi connectivity index (χ3n) is 7.71. The van der Waals surface area contributed by atoms with Crippen molar-refractivity contribution in [3.05, 3.63) is 0 Å². The lowest BCUT2D eigenvalue weighted by Crippen LogP contribution is -2.56. The van der Waals surface area contributed by atoms with Crippen LogP contribution in [0.4, 0.5) is 0 Å². The normalized spacial score (nSPS) is 19.1. The maximum atomic E-state index is 13.2. The van der Waals surface area contributed by atoms with E-state index < -0.39 is 65.7 Å². The van der Waals surface area contributed by atoms with E-state index in [-0.39, 0.29) is 38.4 Å². The van der Waals surface area contributed by atoms with E-state index in [0.717, 1.165) is 12.8 Å². The van der Waals surface area contributed by atoms with Gasteiger partial charge in [-0.25, -0.2) is 0 Å². The molecule has 0 aromatic carbocycles. The molecule has 0 aromatic heterocycles. The SMILES string of the molecule is CNC(C)C(=O)N[C@@H](CC(=O)NCCNC(=O)CC(NC(=O)[C@H](C)NC)C(=O)N1CCCC1)C(=O)N1CCCC1C(N)=O. The zero-order chi connectivity index (χ0) is 32.1. The Kier molecular flexibility index (Phi) is 14.3. The fourth-order valence-corrected chi connectivity index (χ4v) is 4.86. The Morgan fingerprint density at radius 3 is 1.63 bits per heavy atom. The van der Waals surface area contributed by atoms with Crippen LogP contribution >= 0.6 is 0 Å². The maximum absolute atomic E-state index is 13.2. The molecule has 7 amide bonds. The first-order valence-electron chi connectivity index (χ1n) is 14.8. The van der Waals surface area contributed by atoms with Crippen LogP contribution in [0, 0.1) is 0 Å². The van der Waals surface area contributed by atoms with Crippen molar-refractivity contribution >= 4 is 41.4 Å². The first-order valence-corrected chi connectivity index (χ1v) is 14.8. The molecule has 2 fully saturated rings. The molecule has 2 saturated heterocycles. The molecule has 3 unspecified atom stereocenters. The summed E-state index contributed by atoms with van der Waals surface area (Å²) in [6, 6.07) is -4.24. The second-order valence-corrected chi connectivity index (χ2v) is 10.9. The maximum Gasteiger partial charge on any atom is 0.246 e. The van der Waals surface area contributed by atoms with Gasteiger partial charge < -0.3 is 47.4 Å². The number of nitrogens with one attached hydrogen (secondary N) is 6. The number of nitrogens with two attached hydrogens (primary N) is 1. The van der Waals surface area contributed by atoms with E-state index in [0.29, 0.717) is 25.9 Å². The highest BCUT2D eigenvalue weighted by atomic mass is 16.2. The van der Waals surface area contributed by atoms with Crippen LogP contribution in [0.25, 0.3) is 0 Å². The fraction of sp³-hybridized carbons (Fsp3) is 0.741. The van der Waals surface area contributed by atoms with E-state index in [9.17, 15) is 33.6 Å². The molecule has 0 aliphatic carbocycles. The fourth-order valence-electron chi connectivity index (χ4n) is 4.86. The minimum Gasteiger partial charge on any atom is -0.368 e. The van der Waals surface area contributed by atoms with Crippen LogP contribution in [0.1, 0.15) is 52.4 Å². The minimum absolute atomic E-state index is 0.00780. The van der Waals surface area contributed by atoms with Gasteiger partial charge in [-0.15, -0.1) is 0 Å². The molecule has 0 spiro atoms. The van der Waals surface area contributed by atoms with Gasteiger partial charge in [0, 0.05) is 32.7 Å². The highest BCUT2D eigenvalue weighted by molar-refractivity contribution is 5.96. The summed E-state index contributed by atoms with van der Waals surface area (Å²) in [6.45, 7) is 4.68. The highest BCUT2D eigenvalue weighted by Gasteiger charge is 2.38. The molecule has 16 nitrogen and oxygen atoms in total. The highest BCUT2D eigenvalue weighted by Crippen LogP contribution is 2.19. The number of rotatable bonds is 16. The summed E-state index contributed by atoms with van der Waals surface area (Å²) in [5.74, 6) is -3.50. The van der Waals surface area contributed by atoms with Gasteiger partial charge in [-0.05, 0) is 53.6 Å². The number of primary amides is 1. The van der Waals surface area contributed by atoms with Crippen molar-refractivity contribution in [3.8, 4) is 0 Å². The molecule has 0 saturated carbocycles. The topological polar surface area (TPSA) is 224 Å². The van der Waals surface area contributed by atoms with Gasteiger partial charge in [-0.1, -0.05) is 0 Å². The first-order chi connectivity index (χ1) is 20.4. The number of nitrogens with zero attached hydrogens (tertiary/aromatic N) is 2. The number of likely N-dealkylation sites (N-methyl/N-ethyl adjacent to an activating group) is 2. The predicted molar refractivity (Wildman–Crippen MR) is 156 cm³/mol. The molecule has 5 atom stereocenters. The summed E-state index contributed by atoms with van der Waals surface area (Å²) in [5, 5.41) is 16.0. The molecule has 0 aromatic rings. The zero-order valence-corrected chi connectivity index (χ0v) is 25.5. The Labute approximate surface area is 252 Å². The van der Waals surface area contributed by atoms with Crippen LogP contribution in [0.3, 0.4) is 0 Å². The lowest BCUT2D eigenvalue weighted by molar-refractivity contribution is -0.142. The predicted octanol–water partition coefficient (Wildman–Crippen LogP) is -3.72. The number of carbonyl (C=O) groups excluding carboxylic acids is 7. The summed E-state index contributed by atoms with van der Waals surface area (Å²) >= 11 is 0. The quantitative estimate of drug-likeness (QED) is 0.0854. The van der Waals surface area contributed by atoms with E-state index in [1.54, 1.807) is 32.8 Å². The summed E-state index contributed by atoms with van der Waals surface area (Å²) in [7, 11) is 3.19. The molecular weight excluding hydrogens is 562 g/mol. The standard InChI is InChI=1S/C27H47N9O7/c1-16(29-3)24(40)33-18(26(42)35-11-5-6-12-35)14-21(37)31-9-10-32-22(38)15-19(34-25(41)17(2)30-4)27(43)36-13-7-8-20(36)23(28)39/h16-20,29-30H,5-15H2,1-4H3,(H2,28,39)(H,31,37)(H,32,38)(H,33,40)(H,34,41)/t16-,17?,18?,19-,20?/m0/s1. The summed E-state index contributed by atoms with van der Waals surface area (Å²) < 4.78 is 0. The molecule has 16 heteroatoms. The smallest absolute Gasteiger partial charge is 0.246 e. The molecule has 2 rings (SSSR count). The number of amides is 7. The van der Waals surface area contributed by atoms with E-state index >= 15 is 0 Å². The summed E-state index contributed by atoms with van der Waals surface area (Å²) in [6.07, 6.45) is 2.04. The monoisotopic (exact) mass is 609 g/mol. The Bertz CT molecular complexity index is 1030. The van der Waals surface area contributed by atoms with Gasteiger partial charge in [0.1, 0.15) is 18.1 Å². The molecule has 2 heterocycles. The third-order valence-corrected chi connectivity index (χ3v) is 7.71. The van der Waals surface area contributed by atoms with Gasteiger partial charge in [-0.3, -0.25) is 33.6 Å². The van der Waals surface area contributed by atoms with Crippen molar-refractivity contribution < 1.29 is 33.6 Å². The summed E-state index contributed by atoms with van der Waals surface area (Å²) in [4.78, 5) is 91.2. The van der Waals surface area contributed by atoms with Crippen LogP contribution in [-0.4, -0.2) is 128 Å². The molecule has 2 aliphatic heterocycles. The van der Waals surface area contributed by atoms with Crippen LogP contribution in [0.2, 0.25) is 0 Å². The number of likely N-dealkylation sites (tertiary alicyclic amines) is 2. The molecule has 8 N–H and O–H groups in total. The second kappa shape index (κ2) is 17.4. The molecule has 0 radical (unpaired) electrons. The lowest BCUT2D eigenvalue weighted by Gasteiger charge is -2.28. The van der Waals surface area contributed by atoms with Gasteiger partial charge in [0.05, 0.1) is 24.9 Å². The lowest BCUT2D eigenvalue weighted by atomic mass is 10.1. The largest absolute Gasteiger partial charge is 0.368 e. The van der Waals surface area contributed by atoms with Crippen molar-refractivity contribution in [2.24, 2.45) is 5.73 Å². The van der Waals surface area contributed by atoms with Gasteiger partial charge in [0.15, 0.2) is 0 Å². The van der Waals surface area contributed by atoms with Crippen molar-refractivity contribution in [2.75, 3.05) is 46.8 Å². The average Bonchev–Trinajstić information content (AvgIpc) is 3.70. The van der Waals surface area contributed by atoms with Crippen molar-refractivity contribution in [1.82, 2.24) is 41.7 Å².